The van der Waals surface area contributed by atoms with Crippen LogP contribution in [0.3, 0.4) is 0 Å². The fourth-order valence-corrected chi connectivity index (χ4v) is 4.36. The summed E-state index contributed by atoms with van der Waals surface area (Å²) in [6.45, 7) is 6.54. The van der Waals surface area contributed by atoms with E-state index >= 15 is 0 Å². The number of fused-ring (bicyclic) bond motifs is 1. The highest BCUT2D eigenvalue weighted by Crippen LogP contribution is 2.32. The Morgan fingerprint density at radius 1 is 1.08 bits per heavy atom. The zero-order chi connectivity index (χ0) is 17.9. The molecule has 4 rings (SSSR count). The summed E-state index contributed by atoms with van der Waals surface area (Å²) in [7, 11) is 0. The standard InChI is InChI=1S/C20H23N5S/c1-14-15(2)26-20-18(14)19(21-13-22-20)24-23-12-16-6-8-17(9-7-16)25-10-4-3-5-11-25/h6-9,12-13H,3-5,10-11H2,1-2H3,(H,21,22,24)/b23-12-. The van der Waals surface area contributed by atoms with E-state index in [4.69, 9.17) is 0 Å². The van der Waals surface area contributed by atoms with Gasteiger partial charge in [-0.1, -0.05) is 12.1 Å². The minimum absolute atomic E-state index is 0.762. The summed E-state index contributed by atoms with van der Waals surface area (Å²) in [6, 6.07) is 8.60. The van der Waals surface area contributed by atoms with Crippen molar-refractivity contribution in [3.63, 3.8) is 0 Å². The summed E-state index contributed by atoms with van der Waals surface area (Å²) in [5.74, 6) is 0.762. The van der Waals surface area contributed by atoms with Gasteiger partial charge in [0.25, 0.3) is 0 Å². The molecule has 1 aliphatic heterocycles. The topological polar surface area (TPSA) is 53.4 Å². The van der Waals surface area contributed by atoms with E-state index in [2.05, 4.69) is 63.5 Å². The number of piperidine rings is 1. The van der Waals surface area contributed by atoms with E-state index in [1.54, 1.807) is 17.7 Å². The molecule has 1 aliphatic rings. The summed E-state index contributed by atoms with van der Waals surface area (Å²) in [5, 5.41) is 5.44. The average Bonchev–Trinajstić information content (AvgIpc) is 2.98. The molecule has 6 heteroatoms. The molecule has 1 N–H and O–H groups in total. The molecule has 134 valence electrons. The molecule has 0 unspecified atom stereocenters. The van der Waals surface area contributed by atoms with Gasteiger partial charge in [0.1, 0.15) is 11.2 Å². The van der Waals surface area contributed by atoms with Gasteiger partial charge >= 0.3 is 0 Å². The highest BCUT2D eigenvalue weighted by atomic mass is 32.1. The zero-order valence-corrected chi connectivity index (χ0v) is 16.0. The Hall–Kier alpha value is -2.47. The quantitative estimate of drug-likeness (QED) is 0.536. The van der Waals surface area contributed by atoms with Crippen LogP contribution in [0.2, 0.25) is 0 Å². The van der Waals surface area contributed by atoms with Crippen LogP contribution >= 0.6 is 11.3 Å². The van der Waals surface area contributed by atoms with Crippen LogP contribution in [0.15, 0.2) is 35.7 Å². The molecule has 0 bridgehead atoms. The molecule has 0 atom stereocenters. The van der Waals surface area contributed by atoms with Crippen molar-refractivity contribution >= 4 is 39.3 Å². The fraction of sp³-hybridized carbons (Fsp3) is 0.350. The molecule has 0 saturated carbocycles. The van der Waals surface area contributed by atoms with Crippen molar-refractivity contribution in [2.24, 2.45) is 5.10 Å². The van der Waals surface area contributed by atoms with Crippen molar-refractivity contribution in [3.05, 3.63) is 46.6 Å². The number of nitrogens with zero attached hydrogens (tertiary/aromatic N) is 4. The largest absolute Gasteiger partial charge is 0.372 e. The monoisotopic (exact) mass is 365 g/mol. The first-order chi connectivity index (χ1) is 12.7. The number of nitrogens with one attached hydrogen (secondary N) is 1. The van der Waals surface area contributed by atoms with Gasteiger partial charge in [0, 0.05) is 23.7 Å². The molecule has 0 radical (unpaired) electrons. The minimum atomic E-state index is 0.762. The van der Waals surface area contributed by atoms with E-state index < -0.39 is 0 Å². The van der Waals surface area contributed by atoms with Crippen LogP contribution in [0.5, 0.6) is 0 Å². The number of anilines is 2. The third-order valence-corrected chi connectivity index (χ3v) is 6.08. The fourth-order valence-electron chi connectivity index (χ4n) is 3.36. The zero-order valence-electron chi connectivity index (χ0n) is 15.2. The van der Waals surface area contributed by atoms with Crippen LogP contribution < -0.4 is 10.3 Å². The molecule has 1 fully saturated rings. The number of hydrogen-bond acceptors (Lipinski definition) is 6. The predicted octanol–water partition coefficient (Wildman–Crippen LogP) is 4.74. The maximum absolute atomic E-state index is 4.38. The van der Waals surface area contributed by atoms with E-state index in [-0.39, 0.29) is 0 Å². The van der Waals surface area contributed by atoms with Gasteiger partial charge in [-0.3, -0.25) is 5.43 Å². The summed E-state index contributed by atoms with van der Waals surface area (Å²) in [4.78, 5) is 13.4. The lowest BCUT2D eigenvalue weighted by Crippen LogP contribution is -2.29. The van der Waals surface area contributed by atoms with Crippen LogP contribution in [-0.2, 0) is 0 Å². The van der Waals surface area contributed by atoms with Crippen molar-refractivity contribution in [1.82, 2.24) is 9.97 Å². The van der Waals surface area contributed by atoms with Crippen LogP contribution in [0, 0.1) is 13.8 Å². The second-order valence-corrected chi connectivity index (χ2v) is 7.90. The highest BCUT2D eigenvalue weighted by molar-refractivity contribution is 7.18. The first-order valence-electron chi connectivity index (χ1n) is 9.07. The maximum Gasteiger partial charge on any atom is 0.158 e. The third kappa shape index (κ3) is 3.42. The van der Waals surface area contributed by atoms with Crippen molar-refractivity contribution < 1.29 is 0 Å². The molecule has 3 aromatic rings. The van der Waals surface area contributed by atoms with Gasteiger partial charge in [0.05, 0.1) is 11.6 Å². The smallest absolute Gasteiger partial charge is 0.158 e. The molecule has 26 heavy (non-hydrogen) atoms. The number of hydrazone groups is 1. The second-order valence-electron chi connectivity index (χ2n) is 6.69. The third-order valence-electron chi connectivity index (χ3n) is 4.96. The molecule has 3 heterocycles. The van der Waals surface area contributed by atoms with Gasteiger partial charge in [0.2, 0.25) is 0 Å². The number of rotatable bonds is 4. The molecule has 1 saturated heterocycles. The molecule has 5 nitrogen and oxygen atoms in total. The lowest BCUT2D eigenvalue weighted by molar-refractivity contribution is 0.578. The number of hydrogen-bond donors (Lipinski definition) is 1. The molecule has 1 aromatic carbocycles. The molecular weight excluding hydrogens is 342 g/mol. The van der Waals surface area contributed by atoms with Gasteiger partial charge in [-0.2, -0.15) is 5.10 Å². The lowest BCUT2D eigenvalue weighted by Gasteiger charge is -2.28. The van der Waals surface area contributed by atoms with Crippen LogP contribution in [-0.4, -0.2) is 29.3 Å². The number of thiophene rings is 1. The summed E-state index contributed by atoms with van der Waals surface area (Å²) in [6.07, 6.45) is 7.36. The Morgan fingerprint density at radius 3 is 2.62 bits per heavy atom. The van der Waals surface area contributed by atoms with Crippen molar-refractivity contribution in [1.29, 1.82) is 0 Å². The van der Waals surface area contributed by atoms with Gasteiger partial charge in [0.15, 0.2) is 5.82 Å². The Balaban J connectivity index is 1.47. The van der Waals surface area contributed by atoms with Crippen LogP contribution in [0.1, 0.15) is 35.3 Å². The molecule has 0 amide bonds. The van der Waals surface area contributed by atoms with Crippen LogP contribution in [0.25, 0.3) is 10.2 Å². The molecular formula is C20H23N5S. The minimum Gasteiger partial charge on any atom is -0.372 e. The van der Waals surface area contributed by atoms with Crippen LogP contribution in [0.4, 0.5) is 11.5 Å². The predicted molar refractivity (Wildman–Crippen MR) is 111 cm³/mol. The Labute approximate surface area is 157 Å². The average molecular weight is 366 g/mol. The Morgan fingerprint density at radius 2 is 1.85 bits per heavy atom. The SMILES string of the molecule is Cc1sc2ncnc(N/N=C\c3ccc(N4CCCCC4)cc3)c2c1C. The summed E-state index contributed by atoms with van der Waals surface area (Å²) in [5.41, 5.74) is 6.67. The summed E-state index contributed by atoms with van der Waals surface area (Å²) < 4.78 is 0. The molecule has 0 aliphatic carbocycles. The Kier molecular flexibility index (Phi) is 4.84. The summed E-state index contributed by atoms with van der Waals surface area (Å²) >= 11 is 1.69. The number of aryl methyl sites for hydroxylation is 2. The highest BCUT2D eigenvalue weighted by Gasteiger charge is 2.12. The van der Waals surface area contributed by atoms with Crippen molar-refractivity contribution in [2.75, 3.05) is 23.4 Å². The molecule has 2 aromatic heterocycles. The van der Waals surface area contributed by atoms with E-state index in [1.807, 2.05) is 6.21 Å². The van der Waals surface area contributed by atoms with Gasteiger partial charge < -0.3 is 4.90 Å². The Bertz CT molecular complexity index is 923. The van der Waals surface area contributed by atoms with Crippen molar-refractivity contribution in [3.8, 4) is 0 Å². The van der Waals surface area contributed by atoms with Gasteiger partial charge in [-0.15, -0.1) is 11.3 Å². The van der Waals surface area contributed by atoms with Gasteiger partial charge in [-0.05, 0) is 56.4 Å². The first kappa shape index (κ1) is 17.0. The normalized spacial score (nSPS) is 15.1. The van der Waals surface area contributed by atoms with E-state index in [0.29, 0.717) is 0 Å². The maximum atomic E-state index is 4.38. The number of aromatic nitrogens is 2. The van der Waals surface area contributed by atoms with Crippen molar-refractivity contribution in [2.45, 2.75) is 33.1 Å². The first-order valence-corrected chi connectivity index (χ1v) is 9.89. The lowest BCUT2D eigenvalue weighted by atomic mass is 10.1. The van der Waals surface area contributed by atoms with E-state index in [1.165, 1.54) is 35.4 Å². The van der Waals surface area contributed by atoms with E-state index in [9.17, 15) is 0 Å². The van der Waals surface area contributed by atoms with Gasteiger partial charge in [-0.25, -0.2) is 9.97 Å². The van der Waals surface area contributed by atoms with E-state index in [0.717, 1.165) is 34.7 Å². The number of benzene rings is 1. The molecule has 0 spiro atoms. The second kappa shape index (κ2) is 7.41.